The van der Waals surface area contributed by atoms with Gasteiger partial charge in [-0.2, -0.15) is 0 Å². The Hall–Kier alpha value is -1.14. The Balaban J connectivity index is 1.74. The Labute approximate surface area is 175 Å². The zero-order valence-electron chi connectivity index (χ0n) is 18.8. The third-order valence-corrected chi connectivity index (χ3v) is 8.33. The number of nitrogens with one attached hydrogen (secondary N) is 1. The molecule has 0 aromatic heterocycles. The number of hydrogen-bond donors (Lipinski definition) is 2. The lowest BCUT2D eigenvalue weighted by Gasteiger charge is -2.56. The molecule has 0 radical (unpaired) electrons. The largest absolute Gasteiger partial charge is 0.392 e. The first-order chi connectivity index (χ1) is 13.7. The molecule has 3 aliphatic rings. The molecule has 1 heterocycles. The molecule has 2 amide bonds. The van der Waals surface area contributed by atoms with E-state index in [1.165, 1.54) is 0 Å². The van der Waals surface area contributed by atoms with Gasteiger partial charge >= 0.3 is 0 Å². The van der Waals surface area contributed by atoms with Crippen molar-refractivity contribution in [3.8, 4) is 0 Å². The van der Waals surface area contributed by atoms with Gasteiger partial charge in [0.2, 0.25) is 11.8 Å². The second kappa shape index (κ2) is 8.93. The van der Waals surface area contributed by atoms with Gasteiger partial charge in [0.15, 0.2) is 0 Å². The highest BCUT2D eigenvalue weighted by molar-refractivity contribution is 5.79. The van der Waals surface area contributed by atoms with Crippen molar-refractivity contribution in [2.45, 2.75) is 84.4 Å². The summed E-state index contributed by atoms with van der Waals surface area (Å²) in [5.74, 6) is 0.248. The Morgan fingerprint density at radius 1 is 1.28 bits per heavy atom. The highest BCUT2D eigenvalue weighted by Gasteiger charge is 2.54. The number of nitrogens with zero attached hydrogens (tertiary/aromatic N) is 1. The van der Waals surface area contributed by atoms with E-state index in [0.717, 1.165) is 45.1 Å². The molecular weight excluding hydrogens is 368 g/mol. The van der Waals surface area contributed by atoms with Crippen LogP contribution in [0, 0.1) is 29.1 Å². The maximum atomic E-state index is 13.3. The van der Waals surface area contributed by atoms with Crippen LogP contribution in [0.5, 0.6) is 0 Å². The molecule has 0 aromatic rings. The van der Waals surface area contributed by atoms with Gasteiger partial charge in [-0.05, 0) is 61.7 Å². The maximum absolute atomic E-state index is 13.3. The van der Waals surface area contributed by atoms with Gasteiger partial charge in [-0.1, -0.05) is 20.8 Å². The van der Waals surface area contributed by atoms with Gasteiger partial charge < -0.3 is 20.1 Å². The summed E-state index contributed by atoms with van der Waals surface area (Å²) < 4.78 is 5.32. The molecule has 0 unspecified atom stereocenters. The summed E-state index contributed by atoms with van der Waals surface area (Å²) in [7, 11) is 1.69. The topological polar surface area (TPSA) is 78.9 Å². The van der Waals surface area contributed by atoms with Crippen molar-refractivity contribution in [1.29, 1.82) is 0 Å². The summed E-state index contributed by atoms with van der Waals surface area (Å²) in [4.78, 5) is 26.9. The predicted octanol–water partition coefficient (Wildman–Crippen LogP) is 2.59. The number of aliphatic hydroxyl groups is 1. The van der Waals surface area contributed by atoms with Crippen LogP contribution in [0.3, 0.4) is 0 Å². The molecule has 166 valence electrons. The maximum Gasteiger partial charge on any atom is 0.226 e. The molecule has 1 aliphatic heterocycles. The number of amides is 2. The van der Waals surface area contributed by atoms with Crippen LogP contribution in [-0.2, 0) is 14.3 Å². The van der Waals surface area contributed by atoms with Gasteiger partial charge in [0.1, 0.15) is 0 Å². The van der Waals surface area contributed by atoms with Gasteiger partial charge in [-0.25, -0.2) is 0 Å². The summed E-state index contributed by atoms with van der Waals surface area (Å²) >= 11 is 0. The standard InChI is InChI=1S/C23H40N2O4/c1-14(22(28)25-12-6-7-17(25)13-29-5)18-8-10-23(4)11-9-19(24-16(3)26)15(2)20(23)21(18)27/h14-15,17-21,27H,6-13H2,1-5H3,(H,24,26)/t14-,15+,17+,18-,19-,20+,21-,23-/m0/s1. The lowest BCUT2D eigenvalue weighted by atomic mass is 9.51. The first-order valence-corrected chi connectivity index (χ1v) is 11.4. The van der Waals surface area contributed by atoms with Crippen LogP contribution in [0.15, 0.2) is 0 Å². The SMILES string of the molecule is COC[C@H]1CCCN1C(=O)[C@@H](C)[C@@H]1CC[C@@]2(C)CC[C@H](NC(C)=O)[C@@H](C)[C@@H]2[C@H]1O. The van der Waals surface area contributed by atoms with Crippen LogP contribution < -0.4 is 5.32 Å². The van der Waals surface area contributed by atoms with Crippen LogP contribution in [0.4, 0.5) is 0 Å². The van der Waals surface area contributed by atoms with E-state index in [4.69, 9.17) is 4.74 Å². The number of likely N-dealkylation sites (tertiary alicyclic amines) is 1. The summed E-state index contributed by atoms with van der Waals surface area (Å²) in [6.45, 7) is 9.40. The van der Waals surface area contributed by atoms with Gasteiger partial charge in [0.25, 0.3) is 0 Å². The molecule has 0 spiro atoms. The fraction of sp³-hybridized carbons (Fsp3) is 0.913. The van der Waals surface area contributed by atoms with Gasteiger partial charge in [-0.15, -0.1) is 0 Å². The molecule has 2 saturated carbocycles. The van der Waals surface area contributed by atoms with Crippen LogP contribution in [0.1, 0.15) is 66.2 Å². The first kappa shape index (κ1) is 22.5. The Bertz CT molecular complexity index is 612. The molecule has 6 nitrogen and oxygen atoms in total. The summed E-state index contributed by atoms with van der Waals surface area (Å²) in [6, 6.07) is 0.272. The number of carbonyl (C=O) groups excluding carboxylic acids is 2. The van der Waals surface area contributed by atoms with Crippen LogP contribution in [0.25, 0.3) is 0 Å². The van der Waals surface area contributed by atoms with E-state index >= 15 is 0 Å². The average Bonchev–Trinajstić information content (AvgIpc) is 3.11. The fourth-order valence-electron chi connectivity index (χ4n) is 6.69. The van der Waals surface area contributed by atoms with Crippen molar-refractivity contribution in [1.82, 2.24) is 10.2 Å². The number of rotatable bonds is 5. The monoisotopic (exact) mass is 408 g/mol. The van der Waals surface area contributed by atoms with Crippen molar-refractivity contribution >= 4 is 11.8 Å². The fourth-order valence-corrected chi connectivity index (χ4v) is 6.69. The van der Waals surface area contributed by atoms with E-state index in [-0.39, 0.29) is 53.0 Å². The molecule has 3 fully saturated rings. The van der Waals surface area contributed by atoms with E-state index in [1.807, 2.05) is 11.8 Å². The number of ether oxygens (including phenoxy) is 1. The van der Waals surface area contributed by atoms with Crippen molar-refractivity contribution < 1.29 is 19.4 Å². The van der Waals surface area contributed by atoms with Crippen molar-refractivity contribution in [2.24, 2.45) is 29.1 Å². The Morgan fingerprint density at radius 3 is 2.62 bits per heavy atom. The smallest absolute Gasteiger partial charge is 0.226 e. The van der Waals surface area contributed by atoms with E-state index in [2.05, 4.69) is 19.2 Å². The minimum absolute atomic E-state index is 0.00549. The van der Waals surface area contributed by atoms with Gasteiger partial charge in [0, 0.05) is 32.5 Å². The second-order valence-corrected chi connectivity index (χ2v) is 10.1. The predicted molar refractivity (Wildman–Crippen MR) is 112 cm³/mol. The van der Waals surface area contributed by atoms with Crippen LogP contribution in [-0.4, -0.2) is 60.3 Å². The summed E-state index contributed by atoms with van der Waals surface area (Å²) in [5.41, 5.74) is 0.0826. The number of fused-ring (bicyclic) bond motifs is 1. The third-order valence-electron chi connectivity index (χ3n) is 8.33. The summed E-state index contributed by atoms with van der Waals surface area (Å²) in [6.07, 6.45) is 5.41. The van der Waals surface area contributed by atoms with Gasteiger partial charge in [-0.3, -0.25) is 9.59 Å². The van der Waals surface area contributed by atoms with E-state index in [9.17, 15) is 14.7 Å². The van der Waals surface area contributed by atoms with Crippen LogP contribution in [0.2, 0.25) is 0 Å². The Kier molecular flexibility index (Phi) is 6.94. The second-order valence-electron chi connectivity index (χ2n) is 10.1. The highest BCUT2D eigenvalue weighted by atomic mass is 16.5. The molecule has 6 heteroatoms. The lowest BCUT2D eigenvalue weighted by molar-refractivity contribution is -0.152. The molecule has 29 heavy (non-hydrogen) atoms. The minimum Gasteiger partial charge on any atom is -0.392 e. The van der Waals surface area contributed by atoms with E-state index < -0.39 is 6.10 Å². The number of hydrogen-bond acceptors (Lipinski definition) is 4. The van der Waals surface area contributed by atoms with Crippen molar-refractivity contribution in [3.05, 3.63) is 0 Å². The number of methoxy groups -OCH3 is 1. The third kappa shape index (κ3) is 4.34. The quantitative estimate of drug-likeness (QED) is 0.733. The molecule has 8 atom stereocenters. The summed E-state index contributed by atoms with van der Waals surface area (Å²) in [5, 5.41) is 14.6. The molecule has 1 saturated heterocycles. The number of carbonyl (C=O) groups is 2. The molecule has 2 N–H and O–H groups in total. The average molecular weight is 409 g/mol. The zero-order valence-corrected chi connectivity index (χ0v) is 18.8. The van der Waals surface area contributed by atoms with E-state index in [0.29, 0.717) is 6.61 Å². The molecule has 2 aliphatic carbocycles. The van der Waals surface area contributed by atoms with Gasteiger partial charge in [0.05, 0.1) is 18.8 Å². The number of aliphatic hydroxyl groups excluding tert-OH is 1. The zero-order chi connectivity index (χ0) is 21.3. The molecular formula is C23H40N2O4. The van der Waals surface area contributed by atoms with Crippen molar-refractivity contribution in [3.63, 3.8) is 0 Å². The van der Waals surface area contributed by atoms with Crippen LogP contribution >= 0.6 is 0 Å². The Morgan fingerprint density at radius 2 is 1.97 bits per heavy atom. The molecule has 0 bridgehead atoms. The minimum atomic E-state index is -0.511. The molecule has 3 rings (SSSR count). The van der Waals surface area contributed by atoms with Crippen molar-refractivity contribution in [2.75, 3.05) is 20.3 Å². The lowest BCUT2D eigenvalue weighted by Crippen LogP contribution is -2.58. The highest BCUT2D eigenvalue weighted by Crippen LogP contribution is 2.55. The van der Waals surface area contributed by atoms with E-state index in [1.54, 1.807) is 14.0 Å². The molecule has 0 aromatic carbocycles. The first-order valence-electron chi connectivity index (χ1n) is 11.4. The normalized spacial score (nSPS) is 41.0.